The summed E-state index contributed by atoms with van der Waals surface area (Å²) in [5.74, 6) is -0.680. The summed E-state index contributed by atoms with van der Waals surface area (Å²) in [5.41, 5.74) is 0. The molecule has 12 N–H and O–H groups in total. The van der Waals surface area contributed by atoms with Crippen LogP contribution in [0.5, 0.6) is 0 Å². The van der Waals surface area contributed by atoms with Gasteiger partial charge in [0.15, 0.2) is 25.2 Å². The van der Waals surface area contributed by atoms with Crippen molar-refractivity contribution < 1.29 is 99.2 Å². The van der Waals surface area contributed by atoms with Gasteiger partial charge in [0.2, 0.25) is 0 Å². The van der Waals surface area contributed by atoms with E-state index in [-0.39, 0.29) is 0 Å². The first-order chi connectivity index (χ1) is 21.8. The molecule has 4 fully saturated rings. The van der Waals surface area contributed by atoms with Gasteiger partial charge in [-0.15, -0.1) is 0 Å². The van der Waals surface area contributed by atoms with Crippen molar-refractivity contribution in [1.82, 2.24) is 0 Å². The first-order valence-electron chi connectivity index (χ1n) is 14.8. The molecule has 8 unspecified atom stereocenters. The van der Waals surface area contributed by atoms with Crippen LogP contribution in [-0.4, -0.2) is 212 Å². The summed E-state index contributed by atoms with van der Waals surface area (Å²) in [5, 5.41) is 124. The van der Waals surface area contributed by atoms with Crippen molar-refractivity contribution in [3.05, 3.63) is 0 Å². The zero-order valence-electron chi connectivity index (χ0n) is 25.0. The van der Waals surface area contributed by atoms with Crippen molar-refractivity contribution in [1.29, 1.82) is 0 Å². The average molecular weight is 679 g/mol. The molecule has 4 heterocycles. The van der Waals surface area contributed by atoms with E-state index in [9.17, 15) is 61.3 Å². The standard InChI is InChI=1S/C26H46O20/c1-7-8(3-27)40-24(16(35)12(7)31)44-21-10(5-29)42-26(18(37)14(21)33)46-22-11(6-30)43-25(19(38)15(22)34)45-20-9(4-28)41-23(39-2)17(36)13(20)32/h7-38H,3-6H2,1-2H3/t7-,8?,9+,10+,11?,12-,13?,14?,15+,16?,17?,18?,19?,20-,21-,22-,23-,24+,25+,26+/m1/s1. The molecular weight excluding hydrogens is 632 g/mol. The molecule has 0 radical (unpaired) electrons. The topological polar surface area (TPSA) is 317 Å². The molecule has 4 rings (SSSR count). The van der Waals surface area contributed by atoms with Gasteiger partial charge in [0.1, 0.15) is 79.4 Å². The molecule has 0 aromatic rings. The van der Waals surface area contributed by atoms with Gasteiger partial charge in [-0.25, -0.2) is 0 Å². The van der Waals surface area contributed by atoms with Crippen LogP contribution < -0.4 is 0 Å². The van der Waals surface area contributed by atoms with Crippen LogP contribution in [0.4, 0.5) is 0 Å². The lowest BCUT2D eigenvalue weighted by Crippen LogP contribution is -2.67. The second-order valence-electron chi connectivity index (χ2n) is 11.7. The van der Waals surface area contributed by atoms with Crippen molar-refractivity contribution in [3.8, 4) is 0 Å². The Labute approximate surface area is 262 Å². The normalized spacial score (nSPS) is 52.0. The molecule has 20 atom stereocenters. The second kappa shape index (κ2) is 16.3. The summed E-state index contributed by atoms with van der Waals surface area (Å²) in [6.45, 7) is -1.41. The quantitative estimate of drug-likeness (QED) is 0.0965. The van der Waals surface area contributed by atoms with E-state index in [1.165, 1.54) is 14.0 Å². The number of hydrogen-bond donors (Lipinski definition) is 12. The van der Waals surface area contributed by atoms with Gasteiger partial charge in [0.05, 0.1) is 38.6 Å². The van der Waals surface area contributed by atoms with Crippen LogP contribution >= 0.6 is 0 Å². The molecule has 20 nitrogen and oxygen atoms in total. The molecule has 0 aromatic heterocycles. The third kappa shape index (κ3) is 7.51. The maximum absolute atomic E-state index is 10.9. The molecule has 0 bridgehead atoms. The van der Waals surface area contributed by atoms with Gasteiger partial charge in [-0.3, -0.25) is 0 Å². The Morgan fingerprint density at radius 3 is 1.02 bits per heavy atom. The minimum absolute atomic E-state index is 0.528. The van der Waals surface area contributed by atoms with Crippen molar-refractivity contribution in [2.24, 2.45) is 5.92 Å². The number of ether oxygens (including phenoxy) is 8. The van der Waals surface area contributed by atoms with Gasteiger partial charge >= 0.3 is 0 Å². The first-order valence-corrected chi connectivity index (χ1v) is 14.8. The van der Waals surface area contributed by atoms with E-state index in [0.29, 0.717) is 0 Å². The summed E-state index contributed by atoms with van der Waals surface area (Å²) in [7, 11) is 1.20. The SMILES string of the molecule is CO[C@@H]1O[C@@H](CO)[C@@H](O[C@@H]2OC(CO)[C@@H](O[C@@H]3O[C@@H](CO)[C@@H](O[C@@H]4OC(CO)[C@@H](C)[C@@H](O)C4O)C(O)C3O)[C@@H](O)C2O)C(O)C1O. The average Bonchev–Trinajstić information content (AvgIpc) is 3.05. The molecule has 4 aliphatic heterocycles. The Kier molecular flexibility index (Phi) is 13.4. The molecule has 0 amide bonds. The van der Waals surface area contributed by atoms with Crippen molar-refractivity contribution >= 4 is 0 Å². The molecule has 0 aromatic carbocycles. The van der Waals surface area contributed by atoms with Crippen molar-refractivity contribution in [2.75, 3.05) is 33.5 Å². The highest BCUT2D eigenvalue weighted by Crippen LogP contribution is 2.34. The fourth-order valence-corrected chi connectivity index (χ4v) is 5.94. The summed E-state index contributed by atoms with van der Waals surface area (Å²) < 4.78 is 43.7. The maximum Gasteiger partial charge on any atom is 0.187 e. The third-order valence-corrected chi connectivity index (χ3v) is 8.81. The second-order valence-corrected chi connectivity index (χ2v) is 11.7. The van der Waals surface area contributed by atoms with E-state index < -0.39 is 149 Å². The minimum atomic E-state index is -1.96. The molecule has 4 aliphatic rings. The Bertz CT molecular complexity index is 926. The lowest BCUT2D eigenvalue weighted by molar-refractivity contribution is -0.387. The smallest absolute Gasteiger partial charge is 0.187 e. The maximum atomic E-state index is 10.9. The monoisotopic (exact) mass is 678 g/mol. The molecule has 0 aliphatic carbocycles. The van der Waals surface area contributed by atoms with Gasteiger partial charge in [-0.1, -0.05) is 6.92 Å². The molecule has 20 heteroatoms. The summed E-state index contributed by atoms with van der Waals surface area (Å²) in [6, 6.07) is 0. The van der Waals surface area contributed by atoms with Crippen LogP contribution in [-0.2, 0) is 37.9 Å². The minimum Gasteiger partial charge on any atom is -0.394 e. The van der Waals surface area contributed by atoms with Gasteiger partial charge in [-0.2, -0.15) is 0 Å². The van der Waals surface area contributed by atoms with E-state index in [1.807, 2.05) is 0 Å². The molecular formula is C26H46O20. The van der Waals surface area contributed by atoms with E-state index >= 15 is 0 Å². The van der Waals surface area contributed by atoms with Crippen LogP contribution in [0.3, 0.4) is 0 Å². The predicted molar refractivity (Wildman–Crippen MR) is 142 cm³/mol. The third-order valence-electron chi connectivity index (χ3n) is 8.81. The zero-order valence-corrected chi connectivity index (χ0v) is 25.0. The number of rotatable bonds is 11. The number of methoxy groups -OCH3 is 1. The zero-order chi connectivity index (χ0) is 34.0. The molecule has 0 saturated carbocycles. The van der Waals surface area contributed by atoms with Crippen molar-refractivity contribution in [3.63, 3.8) is 0 Å². The largest absolute Gasteiger partial charge is 0.394 e. The van der Waals surface area contributed by atoms with Gasteiger partial charge in [0.25, 0.3) is 0 Å². The number of aliphatic hydroxyl groups is 12. The lowest BCUT2D eigenvalue weighted by Gasteiger charge is -2.49. The summed E-state index contributed by atoms with van der Waals surface area (Å²) in [4.78, 5) is 0. The van der Waals surface area contributed by atoms with E-state index in [4.69, 9.17) is 37.9 Å². The van der Waals surface area contributed by atoms with Gasteiger partial charge in [0, 0.05) is 13.0 Å². The van der Waals surface area contributed by atoms with Crippen LogP contribution in [0.15, 0.2) is 0 Å². The highest BCUT2D eigenvalue weighted by molar-refractivity contribution is 4.97. The van der Waals surface area contributed by atoms with Crippen molar-refractivity contribution in [2.45, 2.75) is 124 Å². The Morgan fingerprint density at radius 2 is 0.696 bits per heavy atom. The first kappa shape index (κ1) is 38.0. The van der Waals surface area contributed by atoms with E-state index in [0.717, 1.165) is 0 Å². The molecule has 270 valence electrons. The van der Waals surface area contributed by atoms with Gasteiger partial charge in [-0.05, 0) is 0 Å². The summed E-state index contributed by atoms with van der Waals surface area (Å²) >= 11 is 0. The fourth-order valence-electron chi connectivity index (χ4n) is 5.94. The molecule has 4 saturated heterocycles. The fraction of sp³-hybridized carbons (Fsp3) is 1.00. The van der Waals surface area contributed by atoms with Crippen LogP contribution in [0, 0.1) is 5.92 Å². The highest BCUT2D eigenvalue weighted by Gasteiger charge is 2.55. The predicted octanol–water partition coefficient (Wildman–Crippen LogP) is -7.82. The van der Waals surface area contributed by atoms with Crippen LogP contribution in [0.2, 0.25) is 0 Å². The van der Waals surface area contributed by atoms with Crippen LogP contribution in [0.25, 0.3) is 0 Å². The molecule has 46 heavy (non-hydrogen) atoms. The number of hydrogen-bond acceptors (Lipinski definition) is 20. The van der Waals surface area contributed by atoms with Crippen LogP contribution in [0.1, 0.15) is 6.92 Å². The van der Waals surface area contributed by atoms with Gasteiger partial charge < -0.3 is 99.2 Å². The Hall–Kier alpha value is -0.800. The summed E-state index contributed by atoms with van der Waals surface area (Å²) in [6.07, 6.45) is -30.5. The Morgan fingerprint density at radius 1 is 0.413 bits per heavy atom. The Balaban J connectivity index is 1.43. The highest BCUT2D eigenvalue weighted by atomic mass is 16.8. The molecule has 0 spiro atoms. The number of aliphatic hydroxyl groups excluding tert-OH is 12. The van der Waals surface area contributed by atoms with E-state index in [1.54, 1.807) is 0 Å². The lowest BCUT2D eigenvalue weighted by atomic mass is 9.91. The van der Waals surface area contributed by atoms with E-state index in [2.05, 4.69) is 0 Å².